The second-order valence-electron chi connectivity index (χ2n) is 13.0. The summed E-state index contributed by atoms with van der Waals surface area (Å²) in [6, 6.07) is 33.5. The first-order valence-corrected chi connectivity index (χ1v) is 17.7. The number of carbonyl (C=O) groups is 5. The van der Waals surface area contributed by atoms with Gasteiger partial charge in [-0.25, -0.2) is 19.0 Å². The van der Waals surface area contributed by atoms with Gasteiger partial charge in [-0.15, -0.1) is 0 Å². The van der Waals surface area contributed by atoms with Gasteiger partial charge in [0.05, 0.1) is 6.04 Å². The van der Waals surface area contributed by atoms with E-state index >= 15 is 0 Å². The first-order valence-electron chi connectivity index (χ1n) is 17.7. The molecule has 0 bridgehead atoms. The van der Waals surface area contributed by atoms with Crippen molar-refractivity contribution in [2.24, 2.45) is 5.10 Å². The Morgan fingerprint density at radius 1 is 0.691 bits per heavy atom. The summed E-state index contributed by atoms with van der Waals surface area (Å²) in [5, 5.41) is 17.7. The minimum absolute atomic E-state index is 0.0310. The molecule has 1 aliphatic rings. The number of urea groups is 1. The molecule has 280 valence electrons. The molecule has 0 spiro atoms. The summed E-state index contributed by atoms with van der Waals surface area (Å²) in [4.78, 5) is 65.4. The standard InChI is InChI=1S/C42H39FN6O6/c43-34-19-16-29(17-20-34)23-37(47-42(54)55-27-30-11-5-2-6-12-30)40(52)46-36(24-31-15-18-32-13-7-8-14-33(32)21-31)39(51)45-35(22-28-9-3-1-4-10-28)25-44-49-26-38(50)48-41(49)53/h1-21,25,35-37H,22-24,26-27H2,(H,45,51)(H,46,52)(H,47,54)(H,48,50,53). The molecule has 0 aromatic heterocycles. The number of fused-ring (bicyclic) bond motifs is 1. The number of hydrazone groups is 1. The largest absolute Gasteiger partial charge is 0.445 e. The van der Waals surface area contributed by atoms with Gasteiger partial charge in [0.15, 0.2) is 0 Å². The third kappa shape index (κ3) is 11.1. The summed E-state index contributed by atoms with van der Waals surface area (Å²) in [7, 11) is 0. The third-order valence-corrected chi connectivity index (χ3v) is 8.85. The van der Waals surface area contributed by atoms with Crippen molar-refractivity contribution in [2.75, 3.05) is 6.54 Å². The Morgan fingerprint density at radius 2 is 1.27 bits per heavy atom. The van der Waals surface area contributed by atoms with Gasteiger partial charge in [-0.2, -0.15) is 5.10 Å². The molecule has 1 fully saturated rings. The Balaban J connectivity index is 1.26. The Labute approximate surface area is 316 Å². The molecular formula is C42H39FN6O6. The maximum Gasteiger partial charge on any atom is 0.408 e. The Kier molecular flexibility index (Phi) is 12.6. The Bertz CT molecular complexity index is 2170. The minimum atomic E-state index is -1.21. The number of halogens is 1. The monoisotopic (exact) mass is 742 g/mol. The number of carbonyl (C=O) groups excluding carboxylic acids is 5. The number of nitrogens with zero attached hydrogens (tertiary/aromatic N) is 2. The lowest BCUT2D eigenvalue weighted by atomic mass is 9.99. The van der Waals surface area contributed by atoms with E-state index in [4.69, 9.17) is 4.74 Å². The van der Waals surface area contributed by atoms with Crippen molar-refractivity contribution >= 4 is 46.8 Å². The molecule has 4 N–H and O–H groups in total. The van der Waals surface area contributed by atoms with Crippen LogP contribution in [0.1, 0.15) is 22.3 Å². The Morgan fingerprint density at radius 3 is 1.96 bits per heavy atom. The van der Waals surface area contributed by atoms with E-state index in [-0.39, 0.29) is 32.4 Å². The van der Waals surface area contributed by atoms with E-state index in [1.54, 1.807) is 12.1 Å². The number of nitrogens with one attached hydrogen (secondary N) is 4. The van der Waals surface area contributed by atoms with E-state index in [0.29, 0.717) is 5.56 Å². The lowest BCUT2D eigenvalue weighted by molar-refractivity contribution is -0.130. The van der Waals surface area contributed by atoms with Crippen molar-refractivity contribution in [3.8, 4) is 0 Å². The van der Waals surface area contributed by atoms with Gasteiger partial charge in [0, 0.05) is 19.1 Å². The first-order chi connectivity index (χ1) is 26.7. The average Bonchev–Trinajstić information content (AvgIpc) is 3.52. The van der Waals surface area contributed by atoms with Crippen molar-refractivity contribution in [3.63, 3.8) is 0 Å². The highest BCUT2D eigenvalue weighted by molar-refractivity contribution is 6.02. The number of hydrogen-bond donors (Lipinski definition) is 4. The van der Waals surface area contributed by atoms with Crippen LogP contribution in [0, 0.1) is 5.82 Å². The highest BCUT2D eigenvalue weighted by Gasteiger charge is 2.30. The fourth-order valence-corrected chi connectivity index (χ4v) is 6.03. The smallest absolute Gasteiger partial charge is 0.408 e. The molecule has 55 heavy (non-hydrogen) atoms. The molecule has 0 aliphatic carbocycles. The molecule has 1 heterocycles. The first kappa shape index (κ1) is 37.9. The fraction of sp³-hybridized carbons (Fsp3) is 0.190. The van der Waals surface area contributed by atoms with Crippen LogP contribution in [0.5, 0.6) is 0 Å². The predicted octanol–water partition coefficient (Wildman–Crippen LogP) is 4.81. The molecule has 5 aromatic rings. The maximum atomic E-state index is 14.3. The van der Waals surface area contributed by atoms with Crippen LogP contribution in [0.2, 0.25) is 0 Å². The molecule has 5 aromatic carbocycles. The topological polar surface area (TPSA) is 158 Å². The van der Waals surface area contributed by atoms with E-state index in [9.17, 15) is 28.4 Å². The Hall–Kier alpha value is -6.89. The zero-order chi connectivity index (χ0) is 38.6. The summed E-state index contributed by atoms with van der Waals surface area (Å²) >= 11 is 0. The van der Waals surface area contributed by atoms with E-state index in [2.05, 4.69) is 26.4 Å². The van der Waals surface area contributed by atoms with E-state index < -0.39 is 53.8 Å². The SMILES string of the molecule is O=C1CN(N=CC(Cc2ccccc2)NC(=O)C(Cc2ccc3ccccc3c2)NC(=O)C(Cc2ccc(F)cc2)NC(=O)OCc2ccccc2)C(=O)N1. The molecule has 3 atom stereocenters. The number of amides is 6. The van der Waals surface area contributed by atoms with Gasteiger partial charge in [-0.05, 0) is 51.6 Å². The van der Waals surface area contributed by atoms with Gasteiger partial charge in [-0.1, -0.05) is 115 Å². The van der Waals surface area contributed by atoms with Crippen molar-refractivity contribution < 1.29 is 33.1 Å². The van der Waals surface area contributed by atoms with Crippen molar-refractivity contribution in [1.82, 2.24) is 26.3 Å². The number of imide groups is 1. The molecular weight excluding hydrogens is 703 g/mol. The lowest BCUT2D eigenvalue weighted by Gasteiger charge is -2.25. The van der Waals surface area contributed by atoms with Crippen LogP contribution in [-0.4, -0.2) is 65.7 Å². The second kappa shape index (κ2) is 18.2. The molecule has 3 unspecified atom stereocenters. The normalized spacial score (nSPS) is 14.2. The highest BCUT2D eigenvalue weighted by atomic mass is 19.1. The lowest BCUT2D eigenvalue weighted by Crippen LogP contribution is -2.56. The molecule has 1 saturated heterocycles. The average molecular weight is 743 g/mol. The second-order valence-corrected chi connectivity index (χ2v) is 13.0. The summed E-state index contributed by atoms with van der Waals surface area (Å²) in [5.41, 5.74) is 2.91. The van der Waals surface area contributed by atoms with Gasteiger partial charge in [-0.3, -0.25) is 19.7 Å². The minimum Gasteiger partial charge on any atom is -0.445 e. The van der Waals surface area contributed by atoms with E-state index in [1.165, 1.54) is 30.5 Å². The molecule has 12 nitrogen and oxygen atoms in total. The number of hydrogen-bond acceptors (Lipinski definition) is 7. The van der Waals surface area contributed by atoms with Crippen LogP contribution in [0.3, 0.4) is 0 Å². The number of rotatable bonds is 15. The molecule has 0 radical (unpaired) electrons. The van der Waals surface area contributed by atoms with Gasteiger partial charge >= 0.3 is 12.1 Å². The van der Waals surface area contributed by atoms with Gasteiger partial charge < -0.3 is 20.7 Å². The van der Waals surface area contributed by atoms with Crippen LogP contribution in [0.25, 0.3) is 10.8 Å². The molecule has 6 rings (SSSR count). The number of alkyl carbamates (subject to hydrolysis) is 1. The van der Waals surface area contributed by atoms with Crippen LogP contribution in [-0.2, 0) is 45.0 Å². The van der Waals surface area contributed by atoms with Crippen molar-refractivity contribution in [1.29, 1.82) is 0 Å². The van der Waals surface area contributed by atoms with Gasteiger partial charge in [0.25, 0.3) is 0 Å². The predicted molar refractivity (Wildman–Crippen MR) is 204 cm³/mol. The van der Waals surface area contributed by atoms with Crippen molar-refractivity contribution in [2.45, 2.75) is 44.0 Å². The zero-order valence-corrected chi connectivity index (χ0v) is 29.7. The van der Waals surface area contributed by atoms with Crippen LogP contribution in [0.15, 0.2) is 132 Å². The van der Waals surface area contributed by atoms with E-state index in [0.717, 1.165) is 32.5 Å². The fourth-order valence-electron chi connectivity index (χ4n) is 6.03. The zero-order valence-electron chi connectivity index (χ0n) is 29.7. The van der Waals surface area contributed by atoms with Crippen LogP contribution >= 0.6 is 0 Å². The summed E-state index contributed by atoms with van der Waals surface area (Å²) < 4.78 is 19.2. The molecule has 13 heteroatoms. The quantitative estimate of drug-likeness (QED) is 0.0891. The summed E-state index contributed by atoms with van der Waals surface area (Å²) in [6.07, 6.45) is 0.835. The van der Waals surface area contributed by atoms with Gasteiger partial charge in [0.2, 0.25) is 17.7 Å². The van der Waals surface area contributed by atoms with Crippen LogP contribution < -0.4 is 21.3 Å². The molecule has 0 saturated carbocycles. The third-order valence-electron chi connectivity index (χ3n) is 8.85. The van der Waals surface area contributed by atoms with Crippen molar-refractivity contribution in [3.05, 3.63) is 155 Å². The van der Waals surface area contributed by atoms with Crippen LogP contribution in [0.4, 0.5) is 14.0 Å². The number of ether oxygens (including phenoxy) is 1. The highest BCUT2D eigenvalue weighted by Crippen LogP contribution is 2.18. The number of benzene rings is 5. The molecule has 6 amide bonds. The molecule has 1 aliphatic heterocycles. The maximum absolute atomic E-state index is 14.3. The van der Waals surface area contributed by atoms with Gasteiger partial charge in [0.1, 0.15) is 31.1 Å². The summed E-state index contributed by atoms with van der Waals surface area (Å²) in [5.74, 6) is -2.21. The van der Waals surface area contributed by atoms with E-state index in [1.807, 2.05) is 91.0 Å². The summed E-state index contributed by atoms with van der Waals surface area (Å²) in [6.45, 7) is -0.305.